The van der Waals surface area contributed by atoms with Gasteiger partial charge in [-0.3, -0.25) is 4.40 Å². The maximum Gasteiger partial charge on any atom is 0.157 e. The van der Waals surface area contributed by atoms with E-state index in [0.29, 0.717) is 17.1 Å². The van der Waals surface area contributed by atoms with Gasteiger partial charge in [-0.1, -0.05) is 43.5 Å². The van der Waals surface area contributed by atoms with Gasteiger partial charge in [-0.25, -0.2) is 4.98 Å². The van der Waals surface area contributed by atoms with Gasteiger partial charge in [-0.15, -0.1) is 0 Å². The molecule has 1 aliphatic rings. The quantitative estimate of drug-likeness (QED) is 0.444. The minimum Gasteiger partial charge on any atom is -0.341 e. The molecule has 4 aromatic rings. The molecule has 2 heterocycles. The number of anilines is 2. The summed E-state index contributed by atoms with van der Waals surface area (Å²) >= 11 is 0. The molecule has 4 nitrogen and oxygen atoms in total. The summed E-state index contributed by atoms with van der Waals surface area (Å²) in [6, 6.07) is 21.2. The molecule has 5 rings (SSSR count). The Morgan fingerprint density at radius 2 is 1.79 bits per heavy atom. The van der Waals surface area contributed by atoms with Crippen molar-refractivity contribution >= 4 is 28.2 Å². The van der Waals surface area contributed by atoms with E-state index in [1.54, 1.807) is 0 Å². The molecule has 0 atom stereocenters. The highest BCUT2D eigenvalue weighted by Gasteiger charge is 2.17. The highest BCUT2D eigenvalue weighted by molar-refractivity contribution is 5.85. The van der Waals surface area contributed by atoms with Crippen LogP contribution in [0.15, 0.2) is 54.6 Å². The van der Waals surface area contributed by atoms with Crippen molar-refractivity contribution in [3.8, 4) is 6.07 Å². The van der Waals surface area contributed by atoms with Crippen LogP contribution in [-0.2, 0) is 0 Å². The van der Waals surface area contributed by atoms with E-state index in [9.17, 15) is 5.26 Å². The second kappa shape index (κ2) is 7.25. The Bertz CT molecular complexity index is 1220. The second-order valence-corrected chi connectivity index (χ2v) is 8.04. The zero-order valence-corrected chi connectivity index (χ0v) is 16.7. The SMILES string of the molecule is Cc1cc(Nc2ccc(C3CCCCC3)cc2)n2c(nc3ccccc32)c1C#N. The third-order valence-electron chi connectivity index (χ3n) is 6.14. The van der Waals surface area contributed by atoms with Gasteiger partial charge in [0.1, 0.15) is 11.9 Å². The van der Waals surface area contributed by atoms with E-state index >= 15 is 0 Å². The predicted octanol–water partition coefficient (Wildman–Crippen LogP) is 6.46. The first-order chi connectivity index (χ1) is 14.2. The maximum atomic E-state index is 9.65. The van der Waals surface area contributed by atoms with Crippen LogP contribution in [0.25, 0.3) is 16.7 Å². The second-order valence-electron chi connectivity index (χ2n) is 8.04. The number of hydrogen-bond acceptors (Lipinski definition) is 3. The number of aryl methyl sites for hydroxylation is 1. The van der Waals surface area contributed by atoms with Crippen molar-refractivity contribution in [2.24, 2.45) is 0 Å². The molecule has 0 spiro atoms. The summed E-state index contributed by atoms with van der Waals surface area (Å²) in [5.41, 5.74) is 6.65. The highest BCUT2D eigenvalue weighted by Crippen LogP contribution is 2.34. The molecule has 4 heteroatoms. The molecule has 1 aliphatic carbocycles. The van der Waals surface area contributed by atoms with Crippen LogP contribution in [0.3, 0.4) is 0 Å². The van der Waals surface area contributed by atoms with E-state index in [0.717, 1.165) is 28.1 Å². The number of nitriles is 1. The average molecular weight is 380 g/mol. The van der Waals surface area contributed by atoms with Crippen LogP contribution >= 0.6 is 0 Å². The molecule has 2 aromatic carbocycles. The van der Waals surface area contributed by atoms with Gasteiger partial charge in [0.15, 0.2) is 5.65 Å². The van der Waals surface area contributed by atoms with Crippen molar-refractivity contribution in [1.82, 2.24) is 9.38 Å². The highest BCUT2D eigenvalue weighted by atomic mass is 15.1. The lowest BCUT2D eigenvalue weighted by Crippen LogP contribution is -2.05. The van der Waals surface area contributed by atoms with Crippen LogP contribution in [0.4, 0.5) is 11.5 Å². The van der Waals surface area contributed by atoms with Gasteiger partial charge in [0, 0.05) is 5.69 Å². The van der Waals surface area contributed by atoms with Gasteiger partial charge in [-0.2, -0.15) is 5.26 Å². The Hall–Kier alpha value is -3.32. The normalized spacial score (nSPS) is 14.9. The molecule has 1 N–H and O–H groups in total. The third-order valence-corrected chi connectivity index (χ3v) is 6.14. The van der Waals surface area contributed by atoms with Crippen LogP contribution in [0.2, 0.25) is 0 Å². The zero-order valence-electron chi connectivity index (χ0n) is 16.7. The summed E-state index contributed by atoms with van der Waals surface area (Å²) in [7, 11) is 0. The van der Waals surface area contributed by atoms with Gasteiger partial charge >= 0.3 is 0 Å². The van der Waals surface area contributed by atoms with Crippen molar-refractivity contribution < 1.29 is 0 Å². The van der Waals surface area contributed by atoms with Gasteiger partial charge in [0.2, 0.25) is 0 Å². The number of fused-ring (bicyclic) bond motifs is 3. The number of benzene rings is 2. The molecule has 0 radical (unpaired) electrons. The number of aromatic nitrogens is 2. The smallest absolute Gasteiger partial charge is 0.157 e. The van der Waals surface area contributed by atoms with E-state index in [1.165, 1.54) is 37.7 Å². The van der Waals surface area contributed by atoms with Crippen molar-refractivity contribution in [2.45, 2.75) is 44.9 Å². The first-order valence-corrected chi connectivity index (χ1v) is 10.4. The van der Waals surface area contributed by atoms with Crippen molar-refractivity contribution in [3.05, 3.63) is 71.3 Å². The topological polar surface area (TPSA) is 53.1 Å². The largest absolute Gasteiger partial charge is 0.341 e. The molecule has 144 valence electrons. The van der Waals surface area contributed by atoms with Crippen molar-refractivity contribution in [1.29, 1.82) is 5.26 Å². The Balaban J connectivity index is 1.56. The van der Waals surface area contributed by atoms with Crippen LogP contribution < -0.4 is 5.32 Å². The lowest BCUT2D eigenvalue weighted by Gasteiger charge is -2.22. The van der Waals surface area contributed by atoms with E-state index in [4.69, 9.17) is 4.98 Å². The number of rotatable bonds is 3. The first-order valence-electron chi connectivity index (χ1n) is 10.4. The van der Waals surface area contributed by atoms with Crippen molar-refractivity contribution in [3.63, 3.8) is 0 Å². The molecular formula is C25H24N4. The fourth-order valence-electron chi connectivity index (χ4n) is 4.61. The van der Waals surface area contributed by atoms with Crippen LogP contribution in [0.1, 0.15) is 54.7 Å². The average Bonchev–Trinajstić information content (AvgIpc) is 3.14. The number of hydrogen-bond donors (Lipinski definition) is 1. The number of pyridine rings is 1. The zero-order chi connectivity index (χ0) is 19.8. The lowest BCUT2D eigenvalue weighted by molar-refractivity contribution is 0.443. The fraction of sp³-hybridized carbons (Fsp3) is 0.280. The number of nitrogens with zero attached hydrogens (tertiary/aromatic N) is 3. The van der Waals surface area contributed by atoms with E-state index in [2.05, 4.69) is 40.1 Å². The van der Waals surface area contributed by atoms with Crippen molar-refractivity contribution in [2.75, 3.05) is 5.32 Å². The summed E-state index contributed by atoms with van der Waals surface area (Å²) < 4.78 is 2.05. The monoisotopic (exact) mass is 380 g/mol. The third kappa shape index (κ3) is 3.13. The number of para-hydroxylation sites is 2. The lowest BCUT2D eigenvalue weighted by atomic mass is 9.84. The Morgan fingerprint density at radius 1 is 1.03 bits per heavy atom. The van der Waals surface area contributed by atoms with Gasteiger partial charge in [0.25, 0.3) is 0 Å². The summed E-state index contributed by atoms with van der Waals surface area (Å²) in [4.78, 5) is 4.72. The molecule has 0 amide bonds. The van der Waals surface area contributed by atoms with Gasteiger partial charge in [0.05, 0.1) is 16.6 Å². The van der Waals surface area contributed by atoms with E-state index in [1.807, 2.05) is 37.3 Å². The minimum atomic E-state index is 0.624. The molecule has 0 aliphatic heterocycles. The maximum absolute atomic E-state index is 9.65. The Morgan fingerprint density at radius 3 is 2.55 bits per heavy atom. The Labute approximate surface area is 170 Å². The molecule has 0 unspecified atom stereocenters. The molecule has 2 aromatic heterocycles. The molecule has 1 fully saturated rings. The van der Waals surface area contributed by atoms with E-state index in [-0.39, 0.29) is 0 Å². The number of nitrogens with one attached hydrogen (secondary N) is 1. The van der Waals surface area contributed by atoms with Crippen LogP contribution in [-0.4, -0.2) is 9.38 Å². The first kappa shape index (κ1) is 17.8. The standard InChI is InChI=1S/C25H24N4/c1-17-15-24(27-20-13-11-19(12-14-20)18-7-3-2-4-8-18)29-23-10-6-5-9-22(23)28-25(29)21(17)16-26/h5-6,9-15,18,27H,2-4,7-8H2,1H3. The molecule has 29 heavy (non-hydrogen) atoms. The summed E-state index contributed by atoms with van der Waals surface area (Å²) in [5, 5.41) is 13.2. The minimum absolute atomic E-state index is 0.624. The van der Waals surface area contributed by atoms with Gasteiger partial charge in [-0.05, 0) is 67.1 Å². The predicted molar refractivity (Wildman–Crippen MR) is 118 cm³/mol. The van der Waals surface area contributed by atoms with E-state index < -0.39 is 0 Å². The molecule has 0 saturated heterocycles. The van der Waals surface area contributed by atoms with Gasteiger partial charge < -0.3 is 5.32 Å². The molecule has 1 saturated carbocycles. The summed E-state index contributed by atoms with van der Waals surface area (Å²) in [5.74, 6) is 1.63. The summed E-state index contributed by atoms with van der Waals surface area (Å²) in [6.07, 6.45) is 6.69. The molecule has 0 bridgehead atoms. The summed E-state index contributed by atoms with van der Waals surface area (Å²) in [6.45, 7) is 1.97. The number of imidazole rings is 1. The van der Waals surface area contributed by atoms with Crippen LogP contribution in [0, 0.1) is 18.3 Å². The Kier molecular flexibility index (Phi) is 4.44. The van der Waals surface area contributed by atoms with Crippen LogP contribution in [0.5, 0.6) is 0 Å². The molecular weight excluding hydrogens is 356 g/mol. The fourth-order valence-corrected chi connectivity index (χ4v) is 4.61.